The molecule has 0 aromatic rings. The molecule has 3 unspecified atom stereocenters. The van der Waals surface area contributed by atoms with Crippen molar-refractivity contribution in [1.82, 2.24) is 0 Å². The van der Waals surface area contributed by atoms with E-state index in [2.05, 4.69) is 138 Å². The molecular weight excluding hydrogens is 793 g/mol. The minimum Gasteiger partial charge on any atom is -0.381 e. The van der Waals surface area contributed by atoms with Gasteiger partial charge in [-0.3, -0.25) is 0 Å². The van der Waals surface area contributed by atoms with Gasteiger partial charge < -0.3 is 28.4 Å². The average molecular weight is 914 g/mol. The van der Waals surface area contributed by atoms with Crippen molar-refractivity contribution in [1.29, 1.82) is 0 Å². The Morgan fingerprint density at radius 3 is 1.12 bits per heavy atom. The van der Waals surface area contributed by atoms with Crippen molar-refractivity contribution in [3.8, 4) is 0 Å². The van der Waals surface area contributed by atoms with Gasteiger partial charge in [-0.1, -0.05) is 138 Å². The van der Waals surface area contributed by atoms with Crippen LogP contribution in [0.3, 0.4) is 0 Å². The SMILES string of the molecule is CC.CC.CC(C)(C)C1CCCOC1.CC(C)(C)C1CCOCC1.CC(C)(C)C1CCOCC1(C)C.CC1(C)CC(C(C)(C)C)CCO1.C[C@@H]1CCO[C@@H](C)C1.C[C@@H]1CCO[C@H](C)C1. The average Bonchev–Trinajstić information content (AvgIpc) is 3.19. The summed E-state index contributed by atoms with van der Waals surface area (Å²) < 4.78 is 32.6. The predicted octanol–water partition coefficient (Wildman–Crippen LogP) is 16.9. The molecule has 6 nitrogen and oxygen atoms in total. The first kappa shape index (κ1) is 65.8. The van der Waals surface area contributed by atoms with Crippen molar-refractivity contribution in [2.24, 2.45) is 62.6 Å². The van der Waals surface area contributed by atoms with Crippen LogP contribution in [0.4, 0.5) is 0 Å². The van der Waals surface area contributed by atoms with Crippen LogP contribution < -0.4 is 0 Å². The van der Waals surface area contributed by atoms with E-state index in [9.17, 15) is 0 Å². The van der Waals surface area contributed by atoms with E-state index in [0.29, 0.717) is 39.3 Å². The fraction of sp³-hybridized carbons (Fsp3) is 1.00. The number of rotatable bonds is 0. The second-order valence-corrected chi connectivity index (χ2v) is 25.6. The maximum absolute atomic E-state index is 5.69. The maximum Gasteiger partial charge on any atom is 0.0629 e. The van der Waals surface area contributed by atoms with E-state index in [1.54, 1.807) is 0 Å². The van der Waals surface area contributed by atoms with Crippen LogP contribution in [0.25, 0.3) is 0 Å². The lowest BCUT2D eigenvalue weighted by molar-refractivity contribution is -0.0913. The van der Waals surface area contributed by atoms with E-state index < -0.39 is 0 Å². The zero-order chi connectivity index (χ0) is 50.0. The van der Waals surface area contributed by atoms with Crippen LogP contribution in [0.2, 0.25) is 0 Å². The maximum atomic E-state index is 5.69. The van der Waals surface area contributed by atoms with Crippen LogP contribution in [0.15, 0.2) is 0 Å². The Kier molecular flexibility index (Phi) is 33.5. The van der Waals surface area contributed by atoms with Crippen LogP contribution >= 0.6 is 0 Å². The Morgan fingerprint density at radius 2 is 0.859 bits per heavy atom. The first-order chi connectivity index (χ1) is 29.4. The summed E-state index contributed by atoms with van der Waals surface area (Å²) in [6.45, 7) is 62.5. The molecule has 388 valence electrons. The van der Waals surface area contributed by atoms with Gasteiger partial charge in [0.05, 0.1) is 24.4 Å². The van der Waals surface area contributed by atoms with Crippen molar-refractivity contribution in [3.05, 3.63) is 0 Å². The summed E-state index contributed by atoms with van der Waals surface area (Å²) in [6, 6.07) is 0. The summed E-state index contributed by atoms with van der Waals surface area (Å²) in [7, 11) is 0. The highest BCUT2D eigenvalue weighted by molar-refractivity contribution is 4.89. The van der Waals surface area contributed by atoms with Gasteiger partial charge in [-0.25, -0.2) is 0 Å². The molecule has 6 heterocycles. The smallest absolute Gasteiger partial charge is 0.0629 e. The van der Waals surface area contributed by atoms with Gasteiger partial charge in [-0.2, -0.15) is 0 Å². The summed E-state index contributed by atoms with van der Waals surface area (Å²) in [4.78, 5) is 0. The summed E-state index contributed by atoms with van der Waals surface area (Å²) in [5.74, 6) is 5.04. The lowest BCUT2D eigenvalue weighted by Gasteiger charge is -2.45. The molecule has 6 aliphatic rings. The number of ether oxygens (including phenoxy) is 6. The molecule has 6 rings (SSSR count). The Morgan fingerprint density at radius 1 is 0.422 bits per heavy atom. The van der Waals surface area contributed by atoms with Gasteiger partial charge >= 0.3 is 0 Å². The van der Waals surface area contributed by atoms with Crippen molar-refractivity contribution in [3.63, 3.8) is 0 Å². The Bertz CT molecular complexity index is 1010. The van der Waals surface area contributed by atoms with Gasteiger partial charge in [0.25, 0.3) is 0 Å². The highest BCUT2D eigenvalue weighted by Crippen LogP contribution is 2.45. The zero-order valence-electron chi connectivity index (χ0n) is 48.2. The van der Waals surface area contributed by atoms with Gasteiger partial charge in [0, 0.05) is 52.9 Å². The topological polar surface area (TPSA) is 55.4 Å². The predicted molar refractivity (Wildman–Crippen MR) is 281 cm³/mol. The monoisotopic (exact) mass is 913 g/mol. The molecule has 0 amide bonds. The molecule has 6 heteroatoms. The third kappa shape index (κ3) is 31.0. The third-order valence-corrected chi connectivity index (χ3v) is 14.3. The van der Waals surface area contributed by atoms with E-state index in [4.69, 9.17) is 28.4 Å². The number of hydrogen-bond acceptors (Lipinski definition) is 6. The second kappa shape index (κ2) is 32.5. The third-order valence-electron chi connectivity index (χ3n) is 14.3. The molecule has 0 aliphatic carbocycles. The lowest BCUT2D eigenvalue weighted by Crippen LogP contribution is -2.42. The summed E-state index contributed by atoms with van der Waals surface area (Å²) in [5.41, 5.74) is 2.27. The van der Waals surface area contributed by atoms with Gasteiger partial charge in [0.2, 0.25) is 0 Å². The highest BCUT2D eigenvalue weighted by atomic mass is 16.5. The molecule has 7 atom stereocenters. The molecule has 0 spiro atoms. The van der Waals surface area contributed by atoms with Crippen LogP contribution in [0.5, 0.6) is 0 Å². The largest absolute Gasteiger partial charge is 0.381 e. The summed E-state index contributed by atoms with van der Waals surface area (Å²) in [6.07, 6.45) is 14.8. The molecule has 0 saturated carbocycles. The van der Waals surface area contributed by atoms with Crippen LogP contribution in [-0.4, -0.2) is 77.3 Å². The molecule has 64 heavy (non-hydrogen) atoms. The second-order valence-electron chi connectivity index (χ2n) is 25.6. The first-order valence-electron chi connectivity index (χ1n) is 27.0. The van der Waals surface area contributed by atoms with E-state index in [0.717, 1.165) is 95.0 Å². The molecule has 0 aromatic carbocycles. The molecule has 6 fully saturated rings. The van der Waals surface area contributed by atoms with Gasteiger partial charge in [0.1, 0.15) is 0 Å². The first-order valence-corrected chi connectivity index (χ1v) is 27.0. The molecule has 0 bridgehead atoms. The minimum absolute atomic E-state index is 0.107. The normalized spacial score (nSPS) is 29.5. The van der Waals surface area contributed by atoms with Crippen molar-refractivity contribution < 1.29 is 28.4 Å². The molecule has 6 aliphatic heterocycles. The van der Waals surface area contributed by atoms with Crippen LogP contribution in [0.1, 0.15) is 237 Å². The van der Waals surface area contributed by atoms with E-state index in [1.165, 1.54) is 70.6 Å². The Hall–Kier alpha value is -0.240. The summed E-state index contributed by atoms with van der Waals surface area (Å²) >= 11 is 0. The number of hydrogen-bond donors (Lipinski definition) is 0. The van der Waals surface area contributed by atoms with Gasteiger partial charge in [-0.15, -0.1) is 0 Å². The molecule has 0 aromatic heterocycles. The minimum atomic E-state index is 0.107. The van der Waals surface area contributed by atoms with Crippen LogP contribution in [0, 0.1) is 62.6 Å². The van der Waals surface area contributed by atoms with Crippen molar-refractivity contribution in [2.45, 2.75) is 255 Å². The molecular formula is C58H120O6. The van der Waals surface area contributed by atoms with Gasteiger partial charge in [-0.05, 0) is 161 Å². The highest BCUT2D eigenvalue weighted by Gasteiger charge is 2.40. The fourth-order valence-electron chi connectivity index (χ4n) is 10.0. The fourth-order valence-corrected chi connectivity index (χ4v) is 10.0. The lowest BCUT2D eigenvalue weighted by atomic mass is 9.64. The quantitative estimate of drug-likeness (QED) is 0.241. The van der Waals surface area contributed by atoms with Gasteiger partial charge in [0.15, 0.2) is 0 Å². The Labute approximate surface area is 403 Å². The van der Waals surface area contributed by atoms with Crippen molar-refractivity contribution >= 4 is 0 Å². The zero-order valence-corrected chi connectivity index (χ0v) is 48.2. The summed E-state index contributed by atoms with van der Waals surface area (Å²) in [5, 5.41) is 0. The van der Waals surface area contributed by atoms with E-state index in [-0.39, 0.29) is 5.60 Å². The Balaban J connectivity index is 0. The molecule has 0 radical (unpaired) electrons. The van der Waals surface area contributed by atoms with Crippen LogP contribution in [-0.2, 0) is 28.4 Å². The van der Waals surface area contributed by atoms with E-state index in [1.807, 2.05) is 27.7 Å². The van der Waals surface area contributed by atoms with Crippen molar-refractivity contribution in [2.75, 3.05) is 59.5 Å². The standard InChI is InChI=1S/2C11H22O.2C9H18O.2C7H14O.2C2H6/c1-10(2,3)9-6-7-12-8-11(9,4)5;1-10(2,3)9-6-7-12-11(4,5)8-9;1-9(2,3)8-4-6-10-7-5-8;1-9(2,3)8-5-4-6-10-7-8;2*1-6-3-4-8-7(2)5-6;2*1-2/h2*9H,6-8H2,1-5H3;2*8H,4-7H2,1-3H3;2*6-7H,3-5H2,1-2H3;2*1-2H3/t;;;;6-,7+;6-,7-;;/m....11../s1. The molecule has 6 saturated heterocycles. The van der Waals surface area contributed by atoms with E-state index >= 15 is 0 Å². The molecule has 0 N–H and O–H groups in total.